The lowest BCUT2D eigenvalue weighted by molar-refractivity contribution is -0.152. The van der Waals surface area contributed by atoms with Crippen molar-refractivity contribution in [1.82, 2.24) is 0 Å². The first-order valence-electron chi connectivity index (χ1n) is 6.47. The van der Waals surface area contributed by atoms with Crippen molar-refractivity contribution in [2.75, 3.05) is 7.11 Å². The SMILES string of the molecule is CO/N=C1/CC[C@@H]2CCC[C@H](OC(C)=O)[C@H]2C1. The van der Waals surface area contributed by atoms with E-state index in [4.69, 9.17) is 9.57 Å². The van der Waals surface area contributed by atoms with Gasteiger partial charge >= 0.3 is 5.97 Å². The fraction of sp³-hybridized carbons (Fsp3) is 0.846. The highest BCUT2D eigenvalue weighted by Crippen LogP contribution is 2.41. The quantitative estimate of drug-likeness (QED) is 0.549. The summed E-state index contributed by atoms with van der Waals surface area (Å²) in [6, 6.07) is 0. The Morgan fingerprint density at radius 1 is 1.35 bits per heavy atom. The van der Waals surface area contributed by atoms with Crippen LogP contribution in [0.15, 0.2) is 5.16 Å². The largest absolute Gasteiger partial charge is 0.462 e. The van der Waals surface area contributed by atoms with Crippen LogP contribution in [0.4, 0.5) is 0 Å². The second kappa shape index (κ2) is 5.52. The molecule has 4 heteroatoms. The molecule has 2 fully saturated rings. The molecule has 0 aliphatic heterocycles. The van der Waals surface area contributed by atoms with Gasteiger partial charge in [0.2, 0.25) is 0 Å². The molecule has 0 spiro atoms. The lowest BCUT2D eigenvalue weighted by atomic mass is 9.69. The van der Waals surface area contributed by atoms with Crippen LogP contribution in [0.1, 0.15) is 45.4 Å². The topological polar surface area (TPSA) is 47.9 Å². The molecule has 0 N–H and O–H groups in total. The van der Waals surface area contributed by atoms with Crippen LogP contribution in [-0.2, 0) is 14.4 Å². The Hall–Kier alpha value is -1.06. The predicted molar refractivity (Wildman–Crippen MR) is 64.7 cm³/mol. The molecule has 0 unspecified atom stereocenters. The van der Waals surface area contributed by atoms with Gasteiger partial charge in [-0.15, -0.1) is 0 Å². The first kappa shape index (κ1) is 12.4. The minimum atomic E-state index is -0.161. The van der Waals surface area contributed by atoms with Gasteiger partial charge in [-0.1, -0.05) is 5.16 Å². The molecule has 2 rings (SSSR count). The predicted octanol–water partition coefficient (Wildman–Crippen LogP) is 2.52. The smallest absolute Gasteiger partial charge is 0.302 e. The standard InChI is InChI=1S/C13H21NO3/c1-9(15)17-13-5-3-4-10-6-7-11(14-16-2)8-12(10)13/h10,12-13H,3-8H2,1-2H3/b14-11-/t10-,12-,13-/m0/s1. The van der Waals surface area contributed by atoms with Crippen LogP contribution < -0.4 is 0 Å². The first-order chi connectivity index (χ1) is 8.20. The third-order valence-electron chi connectivity index (χ3n) is 3.96. The Morgan fingerprint density at radius 2 is 2.18 bits per heavy atom. The molecule has 0 amide bonds. The van der Waals surface area contributed by atoms with Crippen molar-refractivity contribution in [2.45, 2.75) is 51.6 Å². The molecule has 0 saturated heterocycles. The molecule has 17 heavy (non-hydrogen) atoms. The molecular formula is C13H21NO3. The average Bonchev–Trinajstić information content (AvgIpc) is 2.29. The van der Waals surface area contributed by atoms with Crippen molar-refractivity contribution in [3.05, 3.63) is 0 Å². The van der Waals surface area contributed by atoms with Crippen molar-refractivity contribution in [3.8, 4) is 0 Å². The maximum atomic E-state index is 11.1. The Labute approximate surface area is 102 Å². The van der Waals surface area contributed by atoms with Gasteiger partial charge in [-0.3, -0.25) is 4.79 Å². The second-order valence-corrected chi connectivity index (χ2v) is 5.09. The molecule has 0 bridgehead atoms. The molecule has 0 radical (unpaired) electrons. The van der Waals surface area contributed by atoms with Gasteiger partial charge in [0.25, 0.3) is 0 Å². The normalized spacial score (nSPS) is 35.2. The molecule has 0 aromatic carbocycles. The fourth-order valence-electron chi connectivity index (χ4n) is 3.27. The van der Waals surface area contributed by atoms with Crippen LogP contribution in [-0.4, -0.2) is 24.9 Å². The summed E-state index contributed by atoms with van der Waals surface area (Å²) in [6.07, 6.45) is 6.65. The monoisotopic (exact) mass is 239 g/mol. The van der Waals surface area contributed by atoms with Gasteiger partial charge in [0.05, 0.1) is 5.71 Å². The number of fused-ring (bicyclic) bond motifs is 1. The van der Waals surface area contributed by atoms with E-state index in [-0.39, 0.29) is 12.1 Å². The van der Waals surface area contributed by atoms with Crippen molar-refractivity contribution in [1.29, 1.82) is 0 Å². The van der Waals surface area contributed by atoms with Crippen molar-refractivity contribution in [3.63, 3.8) is 0 Å². The number of rotatable bonds is 2. The van der Waals surface area contributed by atoms with Gasteiger partial charge in [-0.25, -0.2) is 0 Å². The summed E-state index contributed by atoms with van der Waals surface area (Å²) in [5.74, 6) is 0.991. The number of hydrogen-bond acceptors (Lipinski definition) is 4. The molecule has 0 heterocycles. The lowest BCUT2D eigenvalue weighted by Gasteiger charge is -2.40. The second-order valence-electron chi connectivity index (χ2n) is 5.09. The zero-order valence-corrected chi connectivity index (χ0v) is 10.6. The van der Waals surface area contributed by atoms with Crippen molar-refractivity contribution < 1.29 is 14.4 Å². The highest BCUT2D eigenvalue weighted by Gasteiger charge is 2.38. The summed E-state index contributed by atoms with van der Waals surface area (Å²) >= 11 is 0. The van der Waals surface area contributed by atoms with E-state index in [1.54, 1.807) is 7.11 Å². The molecule has 2 aliphatic carbocycles. The average molecular weight is 239 g/mol. The Balaban J connectivity index is 2.04. The van der Waals surface area contributed by atoms with Gasteiger partial charge in [-0.2, -0.15) is 0 Å². The molecule has 2 saturated carbocycles. The minimum absolute atomic E-state index is 0.0913. The lowest BCUT2D eigenvalue weighted by Crippen LogP contribution is -2.39. The Kier molecular flexibility index (Phi) is 4.02. The highest BCUT2D eigenvalue weighted by molar-refractivity contribution is 5.85. The maximum Gasteiger partial charge on any atom is 0.302 e. The molecule has 4 nitrogen and oxygen atoms in total. The van der Waals surface area contributed by atoms with Crippen LogP contribution in [0.3, 0.4) is 0 Å². The minimum Gasteiger partial charge on any atom is -0.462 e. The van der Waals surface area contributed by atoms with E-state index in [0.717, 1.165) is 31.4 Å². The number of carbonyl (C=O) groups excluding carboxylic acids is 1. The molecule has 0 aromatic rings. The Morgan fingerprint density at radius 3 is 2.88 bits per heavy atom. The van der Waals surface area contributed by atoms with E-state index < -0.39 is 0 Å². The zero-order chi connectivity index (χ0) is 12.3. The number of hydrogen-bond donors (Lipinski definition) is 0. The van der Waals surface area contributed by atoms with E-state index in [9.17, 15) is 4.79 Å². The van der Waals surface area contributed by atoms with Gasteiger partial charge in [-0.05, 0) is 44.4 Å². The van der Waals surface area contributed by atoms with E-state index in [2.05, 4.69) is 5.16 Å². The van der Waals surface area contributed by atoms with Crippen LogP contribution in [0.2, 0.25) is 0 Å². The van der Waals surface area contributed by atoms with Crippen molar-refractivity contribution in [2.24, 2.45) is 17.0 Å². The van der Waals surface area contributed by atoms with Crippen LogP contribution in [0, 0.1) is 11.8 Å². The first-order valence-corrected chi connectivity index (χ1v) is 6.47. The number of esters is 1. The summed E-state index contributed by atoms with van der Waals surface area (Å²) < 4.78 is 5.45. The highest BCUT2D eigenvalue weighted by atomic mass is 16.6. The summed E-state index contributed by atoms with van der Waals surface area (Å²) in [6.45, 7) is 1.50. The van der Waals surface area contributed by atoms with Crippen LogP contribution in [0.5, 0.6) is 0 Å². The fourth-order valence-corrected chi connectivity index (χ4v) is 3.27. The summed E-state index contributed by atoms with van der Waals surface area (Å²) in [5, 5.41) is 4.06. The van der Waals surface area contributed by atoms with E-state index in [0.29, 0.717) is 11.8 Å². The summed E-state index contributed by atoms with van der Waals surface area (Å²) in [4.78, 5) is 16.0. The van der Waals surface area contributed by atoms with Gasteiger partial charge in [0.15, 0.2) is 0 Å². The van der Waals surface area contributed by atoms with Gasteiger partial charge < -0.3 is 9.57 Å². The molecule has 3 atom stereocenters. The van der Waals surface area contributed by atoms with E-state index >= 15 is 0 Å². The molecule has 0 aromatic heterocycles. The third-order valence-corrected chi connectivity index (χ3v) is 3.96. The third kappa shape index (κ3) is 2.99. The molecular weight excluding hydrogens is 218 g/mol. The number of ether oxygens (including phenoxy) is 1. The maximum absolute atomic E-state index is 11.1. The Bertz CT molecular complexity index is 314. The number of nitrogens with zero attached hydrogens (tertiary/aromatic N) is 1. The summed E-state index contributed by atoms with van der Waals surface area (Å²) in [5.41, 5.74) is 1.12. The summed E-state index contributed by atoms with van der Waals surface area (Å²) in [7, 11) is 1.59. The van der Waals surface area contributed by atoms with Gasteiger partial charge in [0.1, 0.15) is 13.2 Å². The van der Waals surface area contributed by atoms with E-state index in [1.165, 1.54) is 19.8 Å². The van der Waals surface area contributed by atoms with Gasteiger partial charge in [0, 0.05) is 12.8 Å². The van der Waals surface area contributed by atoms with Crippen LogP contribution >= 0.6 is 0 Å². The zero-order valence-electron chi connectivity index (χ0n) is 10.6. The molecule has 2 aliphatic rings. The number of oxime groups is 1. The molecule has 96 valence electrons. The van der Waals surface area contributed by atoms with E-state index in [1.807, 2.05) is 0 Å². The van der Waals surface area contributed by atoms with Crippen molar-refractivity contribution >= 4 is 11.7 Å². The van der Waals surface area contributed by atoms with Crippen LogP contribution in [0.25, 0.3) is 0 Å². The number of carbonyl (C=O) groups is 1.